The van der Waals surface area contributed by atoms with Crippen molar-refractivity contribution >= 4 is 27.7 Å². The van der Waals surface area contributed by atoms with Crippen LogP contribution in [-0.2, 0) is 14.3 Å². The molecule has 1 N–H and O–H groups in total. The Kier molecular flexibility index (Phi) is 5.23. The van der Waals surface area contributed by atoms with E-state index < -0.39 is 11.9 Å². The third kappa shape index (κ3) is 3.47. The Morgan fingerprint density at radius 3 is 2.96 bits per heavy atom. The van der Waals surface area contributed by atoms with E-state index >= 15 is 0 Å². The number of carbonyl (C=O) groups is 2. The Morgan fingerprint density at radius 1 is 1.44 bits per heavy atom. The predicted octanol–water partition coefficient (Wildman–Crippen LogP) is 4.15. The van der Waals surface area contributed by atoms with Crippen molar-refractivity contribution in [1.82, 2.24) is 5.32 Å². The van der Waals surface area contributed by atoms with Crippen molar-refractivity contribution in [3.63, 3.8) is 0 Å². The van der Waals surface area contributed by atoms with Crippen molar-refractivity contribution in [3.05, 3.63) is 69.5 Å². The van der Waals surface area contributed by atoms with Crippen LogP contribution in [0.15, 0.2) is 63.9 Å². The fourth-order valence-corrected chi connectivity index (χ4v) is 3.90. The summed E-state index contributed by atoms with van der Waals surface area (Å²) in [7, 11) is 0. The molecule has 0 aromatic heterocycles. The maximum absolute atomic E-state index is 12.7. The first-order valence-electron chi connectivity index (χ1n) is 8.30. The van der Waals surface area contributed by atoms with Gasteiger partial charge < -0.3 is 10.1 Å². The topological polar surface area (TPSA) is 55.4 Å². The van der Waals surface area contributed by atoms with E-state index in [9.17, 15) is 9.59 Å². The lowest BCUT2D eigenvalue weighted by atomic mass is 9.75. The lowest BCUT2D eigenvalue weighted by Crippen LogP contribution is -2.34. The third-order valence-electron chi connectivity index (χ3n) is 4.51. The van der Waals surface area contributed by atoms with Crippen LogP contribution in [0.4, 0.5) is 0 Å². The molecule has 1 aliphatic heterocycles. The molecule has 1 heterocycles. The quantitative estimate of drug-likeness (QED) is 0.608. The van der Waals surface area contributed by atoms with E-state index in [-0.39, 0.29) is 12.4 Å². The summed E-state index contributed by atoms with van der Waals surface area (Å²) in [4.78, 5) is 25.4. The molecule has 1 atom stereocenters. The van der Waals surface area contributed by atoms with Crippen LogP contribution < -0.4 is 5.32 Å². The number of benzene rings is 1. The van der Waals surface area contributed by atoms with E-state index in [0.29, 0.717) is 17.6 Å². The van der Waals surface area contributed by atoms with E-state index in [1.54, 1.807) is 0 Å². The molecule has 130 valence electrons. The minimum absolute atomic E-state index is 0.0975. The van der Waals surface area contributed by atoms with Crippen LogP contribution in [0.2, 0.25) is 0 Å². The summed E-state index contributed by atoms with van der Waals surface area (Å²) in [5.41, 5.74) is 3.77. The van der Waals surface area contributed by atoms with Gasteiger partial charge in [-0.3, -0.25) is 4.79 Å². The first kappa shape index (κ1) is 17.7. The number of hydrogen-bond donors (Lipinski definition) is 1. The number of rotatable bonds is 4. The molecule has 0 saturated heterocycles. The Morgan fingerprint density at radius 2 is 2.24 bits per heavy atom. The minimum atomic E-state index is -0.417. The van der Waals surface area contributed by atoms with Crippen molar-refractivity contribution < 1.29 is 14.3 Å². The van der Waals surface area contributed by atoms with Gasteiger partial charge >= 0.3 is 5.97 Å². The number of esters is 1. The third-order valence-corrected chi connectivity index (χ3v) is 5.00. The number of nitrogens with one attached hydrogen (secondary N) is 1. The molecular formula is C20H20BrNO3. The summed E-state index contributed by atoms with van der Waals surface area (Å²) in [6.45, 7) is 5.58. The highest BCUT2D eigenvalue weighted by Crippen LogP contribution is 2.42. The molecule has 3 rings (SSSR count). The van der Waals surface area contributed by atoms with Gasteiger partial charge in [0, 0.05) is 33.8 Å². The van der Waals surface area contributed by atoms with Crippen molar-refractivity contribution in [2.45, 2.75) is 32.1 Å². The number of allylic oxidation sites excluding steroid dienone is 3. The predicted molar refractivity (Wildman–Crippen MR) is 99.8 cm³/mol. The zero-order chi connectivity index (χ0) is 18.0. The number of ether oxygens (including phenoxy) is 1. The molecule has 0 fully saturated rings. The molecule has 0 spiro atoms. The van der Waals surface area contributed by atoms with E-state index in [1.807, 2.05) is 31.2 Å². The first-order valence-corrected chi connectivity index (χ1v) is 9.09. The second-order valence-electron chi connectivity index (χ2n) is 6.21. The van der Waals surface area contributed by atoms with Gasteiger partial charge in [0.25, 0.3) is 0 Å². The van der Waals surface area contributed by atoms with Crippen molar-refractivity contribution in [2.75, 3.05) is 6.61 Å². The van der Waals surface area contributed by atoms with Crippen molar-refractivity contribution in [2.24, 2.45) is 0 Å². The van der Waals surface area contributed by atoms with Gasteiger partial charge in [-0.25, -0.2) is 4.79 Å². The van der Waals surface area contributed by atoms with E-state index in [2.05, 4.69) is 27.8 Å². The Labute approximate surface area is 155 Å². The van der Waals surface area contributed by atoms with Crippen LogP contribution in [-0.4, -0.2) is 18.4 Å². The monoisotopic (exact) mass is 401 g/mol. The van der Waals surface area contributed by atoms with Gasteiger partial charge in [-0.1, -0.05) is 40.7 Å². The molecule has 0 bridgehead atoms. The first-order chi connectivity index (χ1) is 12.0. The van der Waals surface area contributed by atoms with Gasteiger partial charge in [-0.05, 0) is 37.5 Å². The fourth-order valence-electron chi connectivity index (χ4n) is 3.49. The summed E-state index contributed by atoms with van der Waals surface area (Å²) in [5.74, 6) is -0.723. The molecule has 0 amide bonds. The Hall–Kier alpha value is -2.14. The number of carbonyl (C=O) groups excluding carboxylic acids is 2. The normalized spacial score (nSPS) is 20.1. The second kappa shape index (κ2) is 7.40. The average molecular weight is 402 g/mol. The van der Waals surface area contributed by atoms with Crippen LogP contribution in [0.1, 0.15) is 37.7 Å². The minimum Gasteiger partial charge on any atom is -0.458 e. The Balaban J connectivity index is 2.13. The number of Topliss-reactive ketones (excluding diaryl/α,β-unsaturated/α-hetero) is 1. The van der Waals surface area contributed by atoms with Crippen molar-refractivity contribution in [3.8, 4) is 0 Å². The molecule has 1 unspecified atom stereocenters. The molecule has 25 heavy (non-hydrogen) atoms. The van der Waals surface area contributed by atoms with Crippen molar-refractivity contribution in [1.29, 1.82) is 0 Å². The smallest absolute Gasteiger partial charge is 0.337 e. The van der Waals surface area contributed by atoms with Crippen LogP contribution >= 0.6 is 15.9 Å². The highest BCUT2D eigenvalue weighted by Gasteiger charge is 2.39. The highest BCUT2D eigenvalue weighted by atomic mass is 79.9. The van der Waals surface area contributed by atoms with Gasteiger partial charge in [0.15, 0.2) is 5.78 Å². The van der Waals surface area contributed by atoms with Gasteiger partial charge in [-0.15, -0.1) is 0 Å². The molecule has 5 heteroatoms. The number of halogens is 1. The van der Waals surface area contributed by atoms with E-state index in [4.69, 9.17) is 4.74 Å². The second-order valence-corrected chi connectivity index (χ2v) is 7.12. The summed E-state index contributed by atoms with van der Waals surface area (Å²) in [6, 6.07) is 7.74. The summed E-state index contributed by atoms with van der Waals surface area (Å²) >= 11 is 3.48. The fraction of sp³-hybridized carbons (Fsp3) is 0.300. The number of ketones is 1. The average Bonchev–Trinajstić information content (AvgIpc) is 2.58. The molecule has 0 saturated carbocycles. The zero-order valence-electron chi connectivity index (χ0n) is 14.1. The van der Waals surface area contributed by atoms with Gasteiger partial charge in [0.2, 0.25) is 0 Å². The SMILES string of the molecule is C=CCOC(=O)C1=C(C)NC2=C(C(=O)CCC2)C1c1cccc(Br)c1. The number of dihydropyridines is 1. The van der Waals surface area contributed by atoms with Gasteiger partial charge in [-0.2, -0.15) is 0 Å². The molecule has 0 radical (unpaired) electrons. The largest absolute Gasteiger partial charge is 0.458 e. The zero-order valence-corrected chi connectivity index (χ0v) is 15.7. The Bertz CT molecular complexity index is 807. The highest BCUT2D eigenvalue weighted by molar-refractivity contribution is 9.10. The maximum Gasteiger partial charge on any atom is 0.337 e. The van der Waals surface area contributed by atoms with Crippen LogP contribution in [0.5, 0.6) is 0 Å². The standard InChI is InChI=1S/C20H20BrNO3/c1-3-10-25-20(24)17-12(2)22-15-8-5-9-16(23)19(15)18(17)13-6-4-7-14(21)11-13/h3-4,6-7,11,18,22H,1,5,8-10H2,2H3. The lowest BCUT2D eigenvalue weighted by molar-refractivity contribution is -0.138. The molecule has 4 nitrogen and oxygen atoms in total. The van der Waals surface area contributed by atoms with Gasteiger partial charge in [0.05, 0.1) is 5.57 Å². The molecular weight excluding hydrogens is 382 g/mol. The maximum atomic E-state index is 12.7. The summed E-state index contributed by atoms with van der Waals surface area (Å²) in [6.07, 6.45) is 3.70. The molecule has 2 aliphatic rings. The van der Waals surface area contributed by atoms with E-state index in [1.165, 1.54) is 6.08 Å². The lowest BCUT2D eigenvalue weighted by Gasteiger charge is -2.34. The van der Waals surface area contributed by atoms with Gasteiger partial charge in [0.1, 0.15) is 6.61 Å². The van der Waals surface area contributed by atoms with Crippen LogP contribution in [0.3, 0.4) is 0 Å². The van der Waals surface area contributed by atoms with Crippen LogP contribution in [0.25, 0.3) is 0 Å². The summed E-state index contributed by atoms with van der Waals surface area (Å²) < 4.78 is 6.21. The molecule has 1 aromatic rings. The molecule has 1 aromatic carbocycles. The molecule has 1 aliphatic carbocycles. The summed E-state index contributed by atoms with van der Waals surface area (Å²) in [5, 5.41) is 3.27. The van der Waals surface area contributed by atoms with Crippen LogP contribution in [0, 0.1) is 0 Å². The van der Waals surface area contributed by atoms with E-state index in [0.717, 1.165) is 34.3 Å². The number of hydrogen-bond acceptors (Lipinski definition) is 4.